The van der Waals surface area contributed by atoms with Gasteiger partial charge in [0, 0.05) is 17.6 Å². The molecular weight excluding hydrogens is 392 g/mol. The van der Waals surface area contributed by atoms with E-state index in [1.165, 1.54) is 5.56 Å². The van der Waals surface area contributed by atoms with Crippen molar-refractivity contribution >= 4 is 27.5 Å². The van der Waals surface area contributed by atoms with Gasteiger partial charge in [-0.15, -0.1) is 0 Å². The van der Waals surface area contributed by atoms with E-state index in [4.69, 9.17) is 4.74 Å². The van der Waals surface area contributed by atoms with Gasteiger partial charge in [-0.2, -0.15) is 0 Å². The number of nitrogens with zero attached hydrogens (tertiary/aromatic N) is 1. The van der Waals surface area contributed by atoms with Gasteiger partial charge in [-0.25, -0.2) is 0 Å². The lowest BCUT2D eigenvalue weighted by Crippen LogP contribution is -2.40. The SMILES string of the molecule is COc1ccc(C)cc1NC(=O)C1CCCN(Cc2cccc(Br)c2)C1. The number of hydrogen-bond donors (Lipinski definition) is 1. The quantitative estimate of drug-likeness (QED) is 0.772. The van der Waals surface area contributed by atoms with Crippen molar-refractivity contribution in [1.82, 2.24) is 4.90 Å². The van der Waals surface area contributed by atoms with E-state index in [0.29, 0.717) is 5.75 Å². The number of carbonyl (C=O) groups excluding carboxylic acids is 1. The first kappa shape index (κ1) is 18.9. The molecule has 0 spiro atoms. The summed E-state index contributed by atoms with van der Waals surface area (Å²) in [6.45, 7) is 4.70. The number of hydrogen-bond acceptors (Lipinski definition) is 3. The average Bonchev–Trinajstić information content (AvgIpc) is 2.62. The highest BCUT2D eigenvalue weighted by molar-refractivity contribution is 9.10. The van der Waals surface area contributed by atoms with E-state index in [0.717, 1.165) is 48.2 Å². The van der Waals surface area contributed by atoms with E-state index in [1.54, 1.807) is 7.11 Å². The summed E-state index contributed by atoms with van der Waals surface area (Å²) >= 11 is 3.52. The Balaban J connectivity index is 1.64. The summed E-state index contributed by atoms with van der Waals surface area (Å²) in [5.74, 6) is 0.778. The monoisotopic (exact) mass is 416 g/mol. The van der Waals surface area contributed by atoms with Crippen molar-refractivity contribution in [2.75, 3.05) is 25.5 Å². The molecule has 138 valence electrons. The third kappa shape index (κ3) is 4.86. The first-order chi connectivity index (χ1) is 12.5. The van der Waals surface area contributed by atoms with Crippen molar-refractivity contribution in [3.63, 3.8) is 0 Å². The molecule has 0 radical (unpaired) electrons. The van der Waals surface area contributed by atoms with Gasteiger partial charge in [0.05, 0.1) is 18.7 Å². The van der Waals surface area contributed by atoms with Gasteiger partial charge in [0.15, 0.2) is 0 Å². The number of aryl methyl sites for hydroxylation is 1. The molecular formula is C21H25BrN2O2. The third-order valence-electron chi connectivity index (χ3n) is 4.78. The summed E-state index contributed by atoms with van der Waals surface area (Å²) in [5, 5.41) is 3.07. The van der Waals surface area contributed by atoms with Crippen LogP contribution in [0, 0.1) is 12.8 Å². The van der Waals surface area contributed by atoms with Crippen LogP contribution in [0.1, 0.15) is 24.0 Å². The second-order valence-corrected chi connectivity index (χ2v) is 7.81. The van der Waals surface area contributed by atoms with Gasteiger partial charge in [-0.05, 0) is 61.7 Å². The van der Waals surface area contributed by atoms with Gasteiger partial charge in [-0.1, -0.05) is 34.1 Å². The topological polar surface area (TPSA) is 41.6 Å². The zero-order valence-corrected chi connectivity index (χ0v) is 16.9. The van der Waals surface area contributed by atoms with Crippen molar-refractivity contribution in [3.8, 4) is 5.75 Å². The van der Waals surface area contributed by atoms with Gasteiger partial charge >= 0.3 is 0 Å². The van der Waals surface area contributed by atoms with E-state index in [9.17, 15) is 4.79 Å². The molecule has 2 aromatic carbocycles. The number of nitrogens with one attached hydrogen (secondary N) is 1. The summed E-state index contributed by atoms with van der Waals surface area (Å²) in [6, 6.07) is 14.2. The lowest BCUT2D eigenvalue weighted by atomic mass is 9.96. The fourth-order valence-electron chi connectivity index (χ4n) is 3.46. The Morgan fingerprint density at radius 1 is 1.31 bits per heavy atom. The molecule has 1 aliphatic heterocycles. The Kier molecular flexibility index (Phi) is 6.33. The second-order valence-electron chi connectivity index (χ2n) is 6.90. The van der Waals surface area contributed by atoms with Gasteiger partial charge in [0.2, 0.25) is 5.91 Å². The molecule has 1 fully saturated rings. The molecule has 2 aromatic rings. The zero-order valence-electron chi connectivity index (χ0n) is 15.3. The molecule has 1 amide bonds. The predicted octanol–water partition coefficient (Wildman–Crippen LogP) is 4.62. The van der Waals surface area contributed by atoms with Gasteiger partial charge in [0.1, 0.15) is 5.75 Å². The maximum Gasteiger partial charge on any atom is 0.228 e. The molecule has 1 atom stereocenters. The van der Waals surface area contributed by atoms with Crippen molar-refractivity contribution in [2.24, 2.45) is 5.92 Å². The van der Waals surface area contributed by atoms with Gasteiger partial charge in [0.25, 0.3) is 0 Å². The lowest BCUT2D eigenvalue weighted by molar-refractivity contribution is -0.121. The number of anilines is 1. The summed E-state index contributed by atoms with van der Waals surface area (Å²) in [4.78, 5) is 15.2. The number of ether oxygens (including phenoxy) is 1. The molecule has 26 heavy (non-hydrogen) atoms. The molecule has 1 unspecified atom stereocenters. The number of halogens is 1. The predicted molar refractivity (Wildman–Crippen MR) is 109 cm³/mol. The van der Waals surface area contributed by atoms with Crippen molar-refractivity contribution in [2.45, 2.75) is 26.3 Å². The van der Waals surface area contributed by atoms with Gasteiger partial charge < -0.3 is 10.1 Å². The van der Waals surface area contributed by atoms with Crippen LogP contribution < -0.4 is 10.1 Å². The summed E-state index contributed by atoms with van der Waals surface area (Å²) in [6.07, 6.45) is 1.96. The normalized spacial score (nSPS) is 17.7. The first-order valence-electron chi connectivity index (χ1n) is 8.97. The number of benzene rings is 2. The fourth-order valence-corrected chi connectivity index (χ4v) is 3.91. The van der Waals surface area contributed by atoms with Crippen LogP contribution in [0.15, 0.2) is 46.9 Å². The summed E-state index contributed by atoms with van der Waals surface area (Å²) in [5.41, 5.74) is 3.11. The number of amides is 1. The highest BCUT2D eigenvalue weighted by atomic mass is 79.9. The molecule has 0 aliphatic carbocycles. The van der Waals surface area contributed by atoms with Crippen LogP contribution >= 0.6 is 15.9 Å². The second kappa shape index (κ2) is 8.69. The molecule has 3 rings (SSSR count). The highest BCUT2D eigenvalue weighted by Gasteiger charge is 2.26. The third-order valence-corrected chi connectivity index (χ3v) is 5.28. The number of piperidine rings is 1. The first-order valence-corrected chi connectivity index (χ1v) is 9.77. The van der Waals surface area contributed by atoms with Crippen molar-refractivity contribution < 1.29 is 9.53 Å². The van der Waals surface area contributed by atoms with Crippen LogP contribution in [0.3, 0.4) is 0 Å². The number of methoxy groups -OCH3 is 1. The number of likely N-dealkylation sites (tertiary alicyclic amines) is 1. The smallest absolute Gasteiger partial charge is 0.228 e. The van der Waals surface area contributed by atoms with Crippen LogP contribution in [0.4, 0.5) is 5.69 Å². The Bertz CT molecular complexity index is 778. The maximum atomic E-state index is 12.8. The number of carbonyl (C=O) groups is 1. The van der Waals surface area contributed by atoms with E-state index in [2.05, 4.69) is 44.3 Å². The van der Waals surface area contributed by atoms with Crippen LogP contribution in [0.5, 0.6) is 5.75 Å². The van der Waals surface area contributed by atoms with Gasteiger partial charge in [-0.3, -0.25) is 9.69 Å². The van der Waals surface area contributed by atoms with Crippen molar-refractivity contribution in [3.05, 3.63) is 58.1 Å². The molecule has 5 heteroatoms. The van der Waals surface area contributed by atoms with E-state index in [1.807, 2.05) is 31.2 Å². The molecule has 0 aromatic heterocycles. The molecule has 0 bridgehead atoms. The molecule has 1 N–H and O–H groups in total. The fraction of sp³-hybridized carbons (Fsp3) is 0.381. The Hall–Kier alpha value is -1.85. The lowest BCUT2D eigenvalue weighted by Gasteiger charge is -2.32. The highest BCUT2D eigenvalue weighted by Crippen LogP contribution is 2.27. The number of rotatable bonds is 5. The van der Waals surface area contributed by atoms with E-state index in [-0.39, 0.29) is 11.8 Å². The van der Waals surface area contributed by atoms with E-state index < -0.39 is 0 Å². The van der Waals surface area contributed by atoms with Crippen LogP contribution in [-0.2, 0) is 11.3 Å². The standard InChI is InChI=1S/C21H25BrN2O2/c1-15-8-9-20(26-2)19(11-15)23-21(25)17-6-4-10-24(14-17)13-16-5-3-7-18(22)12-16/h3,5,7-9,11-12,17H,4,6,10,13-14H2,1-2H3,(H,23,25). The van der Waals surface area contributed by atoms with E-state index >= 15 is 0 Å². The zero-order chi connectivity index (χ0) is 18.5. The Labute approximate surface area is 163 Å². The average molecular weight is 417 g/mol. The molecule has 1 heterocycles. The molecule has 4 nitrogen and oxygen atoms in total. The Morgan fingerprint density at radius 3 is 2.92 bits per heavy atom. The van der Waals surface area contributed by atoms with Crippen molar-refractivity contribution in [1.29, 1.82) is 0 Å². The molecule has 1 aliphatic rings. The summed E-state index contributed by atoms with van der Waals surface area (Å²) in [7, 11) is 1.63. The molecule has 1 saturated heterocycles. The maximum absolute atomic E-state index is 12.8. The summed E-state index contributed by atoms with van der Waals surface area (Å²) < 4.78 is 6.46. The molecule has 0 saturated carbocycles. The van der Waals surface area contributed by atoms with Crippen LogP contribution in [0.25, 0.3) is 0 Å². The minimum atomic E-state index is 0.00104. The largest absolute Gasteiger partial charge is 0.495 e. The van der Waals surface area contributed by atoms with Crippen LogP contribution in [0.2, 0.25) is 0 Å². The minimum Gasteiger partial charge on any atom is -0.495 e. The van der Waals surface area contributed by atoms with Crippen LogP contribution in [-0.4, -0.2) is 31.0 Å². The minimum absolute atomic E-state index is 0.00104. The Morgan fingerprint density at radius 2 is 2.15 bits per heavy atom.